The molecular weight excluding hydrogens is 284 g/mol. The van der Waals surface area contributed by atoms with Gasteiger partial charge in [-0.05, 0) is 24.6 Å². The van der Waals surface area contributed by atoms with Crippen molar-refractivity contribution in [1.29, 1.82) is 0 Å². The monoisotopic (exact) mass is 296 g/mol. The zero-order valence-electron chi connectivity index (χ0n) is 9.44. The number of benzene rings is 1. The first-order valence-electron chi connectivity index (χ1n) is 5.48. The van der Waals surface area contributed by atoms with E-state index in [0.717, 1.165) is 10.0 Å². The highest BCUT2D eigenvalue weighted by atomic mass is 79.9. The molecule has 17 heavy (non-hydrogen) atoms. The van der Waals surface area contributed by atoms with Gasteiger partial charge in [0.15, 0.2) is 0 Å². The molecule has 2 rings (SSSR count). The molecule has 1 heterocycles. The second kappa shape index (κ2) is 4.87. The van der Waals surface area contributed by atoms with Crippen LogP contribution in [0.25, 0.3) is 0 Å². The van der Waals surface area contributed by atoms with Gasteiger partial charge in [0.2, 0.25) is 0 Å². The summed E-state index contributed by atoms with van der Waals surface area (Å²) in [7, 11) is 0. The largest absolute Gasteiger partial charge is 0.325 e. The summed E-state index contributed by atoms with van der Waals surface area (Å²) < 4.78 is 0.971. The van der Waals surface area contributed by atoms with Crippen LogP contribution in [-0.2, 0) is 11.2 Å². The first-order valence-corrected chi connectivity index (χ1v) is 6.27. The molecule has 1 aromatic rings. The molecule has 1 unspecified atom stereocenters. The molecule has 0 saturated carbocycles. The van der Waals surface area contributed by atoms with Gasteiger partial charge in [0.1, 0.15) is 6.04 Å². The number of hydrogen-bond acceptors (Lipinski definition) is 2. The average Bonchev–Trinajstić information content (AvgIpc) is 2.54. The highest BCUT2D eigenvalue weighted by Crippen LogP contribution is 2.16. The second-order valence-corrected chi connectivity index (χ2v) is 4.83. The molecule has 1 N–H and O–H groups in total. The van der Waals surface area contributed by atoms with Gasteiger partial charge >= 0.3 is 6.03 Å². The van der Waals surface area contributed by atoms with Crippen LogP contribution in [0.3, 0.4) is 0 Å². The standard InChI is InChI=1S/C12H13BrN2O2/c1-2-15-11(16)10(14-12(15)17)7-8-4-3-5-9(13)6-8/h3-6,10H,2,7H2,1H3,(H,14,17). The maximum atomic E-state index is 11.9. The van der Waals surface area contributed by atoms with Crippen molar-refractivity contribution in [2.24, 2.45) is 0 Å². The van der Waals surface area contributed by atoms with Crippen molar-refractivity contribution in [3.63, 3.8) is 0 Å². The fraction of sp³-hybridized carbons (Fsp3) is 0.333. The van der Waals surface area contributed by atoms with E-state index >= 15 is 0 Å². The molecule has 0 radical (unpaired) electrons. The van der Waals surface area contributed by atoms with Gasteiger partial charge < -0.3 is 5.32 Å². The Labute approximate surface area is 108 Å². The van der Waals surface area contributed by atoms with Gasteiger partial charge in [-0.1, -0.05) is 28.1 Å². The van der Waals surface area contributed by atoms with Crippen LogP contribution in [0, 0.1) is 0 Å². The number of hydrogen-bond donors (Lipinski definition) is 1. The number of likely N-dealkylation sites (N-methyl/N-ethyl adjacent to an activating group) is 1. The summed E-state index contributed by atoms with van der Waals surface area (Å²) in [6.45, 7) is 2.21. The van der Waals surface area contributed by atoms with Crippen LogP contribution < -0.4 is 5.32 Å². The molecule has 4 nitrogen and oxygen atoms in total. The van der Waals surface area contributed by atoms with Gasteiger partial charge in [-0.25, -0.2) is 4.79 Å². The van der Waals surface area contributed by atoms with Gasteiger partial charge in [0, 0.05) is 17.4 Å². The number of rotatable bonds is 3. The van der Waals surface area contributed by atoms with Crippen LogP contribution in [0.4, 0.5) is 4.79 Å². The Morgan fingerprint density at radius 1 is 1.41 bits per heavy atom. The molecule has 1 aliphatic heterocycles. The fourth-order valence-corrected chi connectivity index (χ4v) is 2.36. The van der Waals surface area contributed by atoms with Crippen molar-refractivity contribution in [1.82, 2.24) is 10.2 Å². The summed E-state index contributed by atoms with van der Waals surface area (Å²) in [5.41, 5.74) is 1.02. The Balaban J connectivity index is 2.11. The Kier molecular flexibility index (Phi) is 3.47. The van der Waals surface area contributed by atoms with Gasteiger partial charge in [0.25, 0.3) is 5.91 Å². The van der Waals surface area contributed by atoms with E-state index in [-0.39, 0.29) is 11.9 Å². The first-order chi connectivity index (χ1) is 8.11. The van der Waals surface area contributed by atoms with Crippen LogP contribution in [-0.4, -0.2) is 29.4 Å². The Bertz CT molecular complexity index is 462. The molecular formula is C12H13BrN2O2. The fourth-order valence-electron chi connectivity index (χ4n) is 1.91. The molecule has 1 fully saturated rings. The molecule has 0 spiro atoms. The van der Waals surface area contributed by atoms with Crippen LogP contribution >= 0.6 is 15.9 Å². The number of halogens is 1. The van der Waals surface area contributed by atoms with E-state index in [9.17, 15) is 9.59 Å². The molecule has 1 atom stereocenters. The zero-order valence-corrected chi connectivity index (χ0v) is 11.0. The Hall–Kier alpha value is -1.36. The third kappa shape index (κ3) is 2.49. The minimum atomic E-state index is -0.434. The van der Waals surface area contributed by atoms with Gasteiger partial charge in [-0.2, -0.15) is 0 Å². The minimum Gasteiger partial charge on any atom is -0.325 e. The van der Waals surface area contributed by atoms with E-state index in [1.54, 1.807) is 6.92 Å². The maximum Gasteiger partial charge on any atom is 0.324 e. The molecule has 1 saturated heterocycles. The van der Waals surface area contributed by atoms with E-state index in [4.69, 9.17) is 0 Å². The predicted octanol–water partition coefficient (Wildman–Crippen LogP) is 1.93. The van der Waals surface area contributed by atoms with Crippen LogP contribution in [0.5, 0.6) is 0 Å². The number of imide groups is 1. The topological polar surface area (TPSA) is 49.4 Å². The van der Waals surface area contributed by atoms with Crippen molar-refractivity contribution in [2.75, 3.05) is 6.54 Å². The second-order valence-electron chi connectivity index (χ2n) is 3.92. The molecule has 1 aliphatic rings. The summed E-state index contributed by atoms with van der Waals surface area (Å²) in [6.07, 6.45) is 0.528. The van der Waals surface area contributed by atoms with Gasteiger partial charge in [-0.15, -0.1) is 0 Å². The third-order valence-corrected chi connectivity index (χ3v) is 3.25. The van der Waals surface area contributed by atoms with Gasteiger partial charge in [-0.3, -0.25) is 9.69 Å². The van der Waals surface area contributed by atoms with Crippen molar-refractivity contribution in [3.05, 3.63) is 34.3 Å². The number of carbonyl (C=O) groups is 2. The molecule has 90 valence electrons. The normalized spacial score (nSPS) is 19.6. The molecule has 0 aromatic heterocycles. The molecule has 0 aliphatic carbocycles. The highest BCUT2D eigenvalue weighted by Gasteiger charge is 2.36. The van der Waals surface area contributed by atoms with Crippen molar-refractivity contribution in [3.8, 4) is 0 Å². The highest BCUT2D eigenvalue weighted by molar-refractivity contribution is 9.10. The number of carbonyl (C=O) groups excluding carboxylic acids is 2. The van der Waals surface area contributed by atoms with Crippen LogP contribution in [0.15, 0.2) is 28.7 Å². The van der Waals surface area contributed by atoms with Crippen molar-refractivity contribution < 1.29 is 9.59 Å². The quantitative estimate of drug-likeness (QED) is 0.867. The van der Waals surface area contributed by atoms with Gasteiger partial charge in [0.05, 0.1) is 0 Å². The summed E-state index contributed by atoms with van der Waals surface area (Å²) >= 11 is 3.38. The third-order valence-electron chi connectivity index (χ3n) is 2.75. The van der Waals surface area contributed by atoms with E-state index in [0.29, 0.717) is 13.0 Å². The van der Waals surface area contributed by atoms with E-state index in [1.807, 2.05) is 24.3 Å². The lowest BCUT2D eigenvalue weighted by Crippen LogP contribution is -2.32. The smallest absolute Gasteiger partial charge is 0.324 e. The summed E-state index contributed by atoms with van der Waals surface area (Å²) in [5.74, 6) is -0.141. The SMILES string of the molecule is CCN1C(=O)NC(Cc2cccc(Br)c2)C1=O. The summed E-state index contributed by atoms with van der Waals surface area (Å²) in [4.78, 5) is 24.6. The molecule has 5 heteroatoms. The van der Waals surface area contributed by atoms with Crippen LogP contribution in [0.2, 0.25) is 0 Å². The predicted molar refractivity (Wildman–Crippen MR) is 67.6 cm³/mol. The number of nitrogens with one attached hydrogen (secondary N) is 1. The summed E-state index contributed by atoms with van der Waals surface area (Å²) in [5, 5.41) is 2.69. The Morgan fingerprint density at radius 2 is 2.18 bits per heavy atom. The van der Waals surface area contributed by atoms with E-state index < -0.39 is 6.04 Å². The lowest BCUT2D eigenvalue weighted by molar-refractivity contribution is -0.127. The van der Waals surface area contributed by atoms with E-state index in [2.05, 4.69) is 21.2 Å². The molecule has 1 aromatic carbocycles. The zero-order chi connectivity index (χ0) is 12.4. The lowest BCUT2D eigenvalue weighted by atomic mass is 10.1. The Morgan fingerprint density at radius 3 is 2.76 bits per heavy atom. The van der Waals surface area contributed by atoms with Crippen LogP contribution in [0.1, 0.15) is 12.5 Å². The number of nitrogens with zero attached hydrogens (tertiary/aromatic N) is 1. The van der Waals surface area contributed by atoms with Crippen molar-refractivity contribution in [2.45, 2.75) is 19.4 Å². The summed E-state index contributed by atoms with van der Waals surface area (Å²) in [6, 6.07) is 7.01. The average molecular weight is 297 g/mol. The first kappa shape index (κ1) is 12.1. The molecule has 0 bridgehead atoms. The van der Waals surface area contributed by atoms with Crippen molar-refractivity contribution >= 4 is 27.9 Å². The van der Waals surface area contributed by atoms with E-state index in [1.165, 1.54) is 4.90 Å². The number of urea groups is 1. The minimum absolute atomic E-state index is 0.141. The number of amides is 3. The molecule has 3 amide bonds. The lowest BCUT2D eigenvalue weighted by Gasteiger charge is -2.09. The maximum absolute atomic E-state index is 11.9.